The van der Waals surface area contributed by atoms with Crippen LogP contribution in [0, 0.1) is 6.92 Å². The lowest BCUT2D eigenvalue weighted by atomic mass is 10.1. The van der Waals surface area contributed by atoms with Gasteiger partial charge < -0.3 is 5.73 Å². The van der Waals surface area contributed by atoms with Gasteiger partial charge in [-0.25, -0.2) is 18.0 Å². The van der Waals surface area contributed by atoms with Crippen LogP contribution >= 0.6 is 0 Å². The second-order valence-electron chi connectivity index (χ2n) is 6.45. The lowest BCUT2D eigenvalue weighted by Crippen LogP contribution is -2.49. The highest BCUT2D eigenvalue weighted by atomic mass is 32.2. The Morgan fingerprint density at radius 2 is 1.92 bits per heavy atom. The van der Waals surface area contributed by atoms with Crippen molar-refractivity contribution in [2.45, 2.75) is 31.6 Å². The van der Waals surface area contributed by atoms with Gasteiger partial charge in [0, 0.05) is 44.0 Å². The number of hydrogen-bond acceptors (Lipinski definition) is 8. The predicted octanol–water partition coefficient (Wildman–Crippen LogP) is 0.118. The fourth-order valence-corrected chi connectivity index (χ4v) is 4.96. The molecule has 1 aliphatic heterocycles. The van der Waals surface area contributed by atoms with E-state index in [4.69, 9.17) is 10.4 Å². The van der Waals surface area contributed by atoms with Gasteiger partial charge in [-0.05, 0) is 30.1 Å². The number of piperazine rings is 1. The molecule has 0 radical (unpaired) electrons. The van der Waals surface area contributed by atoms with E-state index in [0.29, 0.717) is 49.6 Å². The molecule has 2 aliphatic rings. The summed E-state index contributed by atoms with van der Waals surface area (Å²) in [5.74, 6) is 0. The molecule has 130 valence electrons. The Kier molecular flexibility index (Phi) is 3.70. The molecule has 3 heterocycles. The largest absolute Gasteiger partial charge is 0.396 e. The number of anilines is 1. The van der Waals surface area contributed by atoms with Gasteiger partial charge in [-0.1, -0.05) is 0 Å². The van der Waals surface area contributed by atoms with Crippen LogP contribution in [-0.2, 0) is 16.6 Å². The summed E-state index contributed by atoms with van der Waals surface area (Å²) in [6.45, 7) is 4.91. The van der Waals surface area contributed by atoms with Crippen LogP contribution in [0.4, 0.5) is 5.69 Å². The smallest absolute Gasteiger partial charge is 0.226 e. The van der Waals surface area contributed by atoms with Crippen molar-refractivity contribution in [3.63, 3.8) is 0 Å². The van der Waals surface area contributed by atoms with E-state index in [9.17, 15) is 8.42 Å². The number of fused-ring (bicyclic) bond motifs is 1. The molecule has 1 saturated heterocycles. The van der Waals surface area contributed by atoms with Crippen LogP contribution in [0.2, 0.25) is 0 Å². The molecule has 2 fully saturated rings. The minimum Gasteiger partial charge on any atom is -0.396 e. The van der Waals surface area contributed by atoms with E-state index in [0.717, 1.165) is 24.1 Å². The molecule has 1 aliphatic carbocycles. The topological polar surface area (TPSA) is 118 Å². The van der Waals surface area contributed by atoms with E-state index in [2.05, 4.69) is 20.2 Å². The van der Waals surface area contributed by atoms with Gasteiger partial charge in [-0.3, -0.25) is 4.90 Å². The van der Waals surface area contributed by atoms with Gasteiger partial charge in [0.25, 0.3) is 0 Å². The lowest BCUT2D eigenvalue weighted by molar-refractivity contribution is 0.181. The molecule has 0 atom stereocenters. The zero-order valence-electron chi connectivity index (χ0n) is 13.5. The van der Waals surface area contributed by atoms with Crippen molar-refractivity contribution in [1.82, 2.24) is 24.5 Å². The first-order valence-corrected chi connectivity index (χ1v) is 9.55. The number of pyridine rings is 1. The van der Waals surface area contributed by atoms with E-state index in [1.807, 2.05) is 6.92 Å². The Labute approximate surface area is 139 Å². The maximum atomic E-state index is 12.3. The fourth-order valence-electron chi connectivity index (χ4n) is 3.13. The first-order chi connectivity index (χ1) is 11.5. The normalized spacial score (nSPS) is 20.7. The molecule has 0 spiro atoms. The van der Waals surface area contributed by atoms with Gasteiger partial charge in [-0.15, -0.1) is 0 Å². The number of sulfonamides is 1. The van der Waals surface area contributed by atoms with Crippen molar-refractivity contribution >= 4 is 26.9 Å². The van der Waals surface area contributed by atoms with E-state index in [1.165, 1.54) is 0 Å². The van der Waals surface area contributed by atoms with Gasteiger partial charge in [0.05, 0.1) is 10.9 Å². The van der Waals surface area contributed by atoms with E-state index in [1.54, 1.807) is 4.31 Å². The van der Waals surface area contributed by atoms with Crippen molar-refractivity contribution < 1.29 is 13.0 Å². The molecule has 2 aromatic rings. The van der Waals surface area contributed by atoms with E-state index >= 15 is 0 Å². The quantitative estimate of drug-likeness (QED) is 0.824. The van der Waals surface area contributed by atoms with Crippen molar-refractivity contribution in [2.75, 3.05) is 31.9 Å². The lowest BCUT2D eigenvalue weighted by Gasteiger charge is -2.34. The van der Waals surface area contributed by atoms with Crippen LogP contribution in [0.15, 0.2) is 4.63 Å². The summed E-state index contributed by atoms with van der Waals surface area (Å²) in [6, 6.07) is 0. The molecular formula is C14H20N6O3S. The molecule has 0 aromatic carbocycles. The van der Waals surface area contributed by atoms with Gasteiger partial charge in [-0.2, -0.15) is 4.31 Å². The third-order valence-electron chi connectivity index (χ3n) is 4.78. The SMILES string of the molecule is Cc1nc2nonc2c(N)c1CN1CCN(S(=O)(=O)C2CC2)CC1. The Morgan fingerprint density at radius 1 is 1.21 bits per heavy atom. The number of nitrogen functional groups attached to an aromatic ring is 1. The van der Waals surface area contributed by atoms with E-state index < -0.39 is 10.0 Å². The minimum atomic E-state index is -3.08. The van der Waals surface area contributed by atoms with Gasteiger partial charge in [0.15, 0.2) is 5.52 Å². The summed E-state index contributed by atoms with van der Waals surface area (Å²) in [4.78, 5) is 6.56. The monoisotopic (exact) mass is 352 g/mol. The Hall–Kier alpha value is -1.78. The summed E-state index contributed by atoms with van der Waals surface area (Å²) in [5.41, 5.74) is 9.31. The van der Waals surface area contributed by atoms with Crippen LogP contribution in [-0.4, -0.2) is 64.3 Å². The third-order valence-corrected chi connectivity index (χ3v) is 7.18. The highest BCUT2D eigenvalue weighted by Gasteiger charge is 2.41. The molecule has 2 N–H and O–H groups in total. The zero-order chi connectivity index (χ0) is 16.9. The number of hydrogen-bond donors (Lipinski definition) is 1. The first kappa shape index (κ1) is 15.7. The Morgan fingerprint density at radius 3 is 2.58 bits per heavy atom. The van der Waals surface area contributed by atoms with Crippen LogP contribution < -0.4 is 5.73 Å². The second-order valence-corrected chi connectivity index (χ2v) is 8.66. The molecule has 1 saturated carbocycles. The van der Waals surface area contributed by atoms with Crippen molar-refractivity contribution in [3.05, 3.63) is 11.3 Å². The molecule has 0 bridgehead atoms. The van der Waals surface area contributed by atoms with Crippen LogP contribution in [0.1, 0.15) is 24.1 Å². The second kappa shape index (κ2) is 5.64. The molecule has 2 aromatic heterocycles. The zero-order valence-corrected chi connectivity index (χ0v) is 14.3. The standard InChI is InChI=1S/C14H20N6O3S/c1-9-11(12(15)13-14(16-9)18-23-17-13)8-19-4-6-20(7-5-19)24(21,22)10-2-3-10/h10H,2-8,15H2,1H3. The molecular weight excluding hydrogens is 332 g/mol. The number of rotatable bonds is 4. The number of aromatic nitrogens is 3. The number of aryl methyl sites for hydroxylation is 1. The molecule has 0 amide bonds. The fraction of sp³-hybridized carbons (Fsp3) is 0.643. The van der Waals surface area contributed by atoms with Crippen LogP contribution in [0.3, 0.4) is 0 Å². The minimum absolute atomic E-state index is 0.145. The van der Waals surface area contributed by atoms with Crippen LogP contribution in [0.5, 0.6) is 0 Å². The van der Waals surface area contributed by atoms with Crippen molar-refractivity contribution in [2.24, 2.45) is 0 Å². The Bertz CT molecular complexity index is 868. The highest BCUT2D eigenvalue weighted by molar-refractivity contribution is 7.90. The summed E-state index contributed by atoms with van der Waals surface area (Å²) in [7, 11) is -3.08. The third kappa shape index (κ3) is 2.64. The van der Waals surface area contributed by atoms with Crippen molar-refractivity contribution in [3.8, 4) is 0 Å². The maximum absolute atomic E-state index is 12.3. The van der Waals surface area contributed by atoms with Gasteiger partial charge >= 0.3 is 0 Å². The van der Waals surface area contributed by atoms with Crippen LogP contribution in [0.25, 0.3) is 11.2 Å². The average molecular weight is 352 g/mol. The molecule has 24 heavy (non-hydrogen) atoms. The molecule has 4 rings (SSSR count). The molecule has 0 unspecified atom stereocenters. The summed E-state index contributed by atoms with van der Waals surface area (Å²) in [5, 5.41) is 7.38. The highest BCUT2D eigenvalue weighted by Crippen LogP contribution is 2.31. The first-order valence-electron chi connectivity index (χ1n) is 8.05. The summed E-state index contributed by atoms with van der Waals surface area (Å²) < 4.78 is 30.9. The van der Waals surface area contributed by atoms with E-state index in [-0.39, 0.29) is 5.25 Å². The number of nitrogens with two attached hydrogens (primary N) is 1. The number of nitrogens with zero attached hydrogens (tertiary/aromatic N) is 5. The average Bonchev–Trinajstić information content (AvgIpc) is 3.32. The summed E-state index contributed by atoms with van der Waals surface area (Å²) in [6.07, 6.45) is 1.60. The predicted molar refractivity (Wildman–Crippen MR) is 87.5 cm³/mol. The molecule has 9 nitrogen and oxygen atoms in total. The maximum Gasteiger partial charge on any atom is 0.226 e. The summed E-state index contributed by atoms with van der Waals surface area (Å²) >= 11 is 0. The van der Waals surface area contributed by atoms with Gasteiger partial charge in [0.1, 0.15) is 0 Å². The van der Waals surface area contributed by atoms with Gasteiger partial charge in [0.2, 0.25) is 15.7 Å². The molecule has 10 heteroatoms. The Balaban J connectivity index is 1.47. The van der Waals surface area contributed by atoms with Crippen molar-refractivity contribution in [1.29, 1.82) is 0 Å².